The van der Waals surface area contributed by atoms with E-state index < -0.39 is 0 Å². The van der Waals surface area contributed by atoms with Crippen molar-refractivity contribution in [3.8, 4) is 0 Å². The molecular formula is C13H29N3. The van der Waals surface area contributed by atoms with E-state index in [-0.39, 0.29) is 0 Å². The molecule has 0 bridgehead atoms. The van der Waals surface area contributed by atoms with Crippen LogP contribution in [0.3, 0.4) is 0 Å². The first-order valence-corrected chi connectivity index (χ1v) is 6.75. The van der Waals surface area contributed by atoms with Crippen LogP contribution in [0.4, 0.5) is 0 Å². The van der Waals surface area contributed by atoms with Gasteiger partial charge in [-0.2, -0.15) is 0 Å². The fourth-order valence-electron chi connectivity index (χ4n) is 2.38. The summed E-state index contributed by atoms with van der Waals surface area (Å²) in [5.74, 6) is 0. The molecule has 0 spiro atoms. The molecule has 1 fully saturated rings. The van der Waals surface area contributed by atoms with Gasteiger partial charge in [-0.05, 0) is 79.4 Å². The molecule has 1 aliphatic rings. The molecule has 16 heavy (non-hydrogen) atoms. The van der Waals surface area contributed by atoms with Gasteiger partial charge in [-0.25, -0.2) is 0 Å². The maximum atomic E-state index is 3.56. The molecule has 1 rings (SSSR count). The van der Waals surface area contributed by atoms with Crippen LogP contribution in [0.25, 0.3) is 0 Å². The van der Waals surface area contributed by atoms with Gasteiger partial charge in [0.05, 0.1) is 0 Å². The smallest absolute Gasteiger partial charge is 0.00680 e. The molecule has 1 N–H and O–H groups in total. The number of hydrogen-bond donors (Lipinski definition) is 1. The van der Waals surface area contributed by atoms with Crippen LogP contribution in [0, 0.1) is 0 Å². The summed E-state index contributed by atoms with van der Waals surface area (Å²) in [7, 11) is 6.54. The Bertz CT molecular complexity index is 165. The molecule has 3 nitrogen and oxygen atoms in total. The van der Waals surface area contributed by atoms with E-state index in [4.69, 9.17) is 0 Å². The Labute approximate surface area is 101 Å². The van der Waals surface area contributed by atoms with Crippen molar-refractivity contribution in [3.05, 3.63) is 0 Å². The summed E-state index contributed by atoms with van der Waals surface area (Å²) in [4.78, 5) is 4.73. The van der Waals surface area contributed by atoms with E-state index in [0.717, 1.165) is 6.04 Å². The quantitative estimate of drug-likeness (QED) is 0.676. The number of rotatable bonds is 8. The Morgan fingerprint density at radius 3 is 2.44 bits per heavy atom. The van der Waals surface area contributed by atoms with Gasteiger partial charge in [0.1, 0.15) is 0 Å². The van der Waals surface area contributed by atoms with Crippen LogP contribution >= 0.6 is 0 Å². The third-order valence-electron chi connectivity index (χ3n) is 3.40. The number of hydrogen-bond acceptors (Lipinski definition) is 3. The average molecular weight is 227 g/mol. The molecule has 96 valence electrons. The van der Waals surface area contributed by atoms with Gasteiger partial charge in [-0.15, -0.1) is 0 Å². The van der Waals surface area contributed by atoms with E-state index in [1.165, 1.54) is 58.3 Å². The zero-order valence-corrected chi connectivity index (χ0v) is 11.3. The monoisotopic (exact) mass is 227 g/mol. The summed E-state index contributed by atoms with van der Waals surface area (Å²) in [5.41, 5.74) is 0. The predicted molar refractivity (Wildman–Crippen MR) is 70.9 cm³/mol. The highest BCUT2D eigenvalue weighted by molar-refractivity contribution is 4.74. The molecule has 0 aromatic heterocycles. The molecule has 1 atom stereocenters. The number of nitrogens with one attached hydrogen (secondary N) is 1. The van der Waals surface area contributed by atoms with Crippen LogP contribution in [0.1, 0.15) is 32.1 Å². The third kappa shape index (κ3) is 6.46. The summed E-state index contributed by atoms with van der Waals surface area (Å²) in [6.07, 6.45) is 6.76. The van der Waals surface area contributed by atoms with Crippen LogP contribution in [-0.2, 0) is 0 Å². The molecular weight excluding hydrogens is 198 g/mol. The summed E-state index contributed by atoms with van der Waals surface area (Å²) in [6, 6.07) is 0.815. The third-order valence-corrected chi connectivity index (χ3v) is 3.40. The predicted octanol–water partition coefficient (Wildman–Crippen LogP) is 1.40. The Hall–Kier alpha value is -0.120. The van der Waals surface area contributed by atoms with E-state index in [1.54, 1.807) is 0 Å². The SMILES string of the molecule is CN(C)CCCN(C)CCCC1CCCN1. The minimum absolute atomic E-state index is 0.815. The van der Waals surface area contributed by atoms with Crippen LogP contribution in [0.5, 0.6) is 0 Å². The molecule has 0 saturated carbocycles. The lowest BCUT2D eigenvalue weighted by Gasteiger charge is -2.19. The lowest BCUT2D eigenvalue weighted by atomic mass is 10.1. The summed E-state index contributed by atoms with van der Waals surface area (Å²) >= 11 is 0. The van der Waals surface area contributed by atoms with Gasteiger partial charge in [-0.3, -0.25) is 0 Å². The Kier molecular flexibility index (Phi) is 7.01. The molecule has 1 aliphatic heterocycles. The first-order valence-electron chi connectivity index (χ1n) is 6.75. The first-order chi connectivity index (χ1) is 7.68. The summed E-state index contributed by atoms with van der Waals surface area (Å²) < 4.78 is 0. The van der Waals surface area contributed by atoms with Gasteiger partial charge >= 0.3 is 0 Å². The maximum absolute atomic E-state index is 3.56. The first kappa shape index (κ1) is 13.9. The van der Waals surface area contributed by atoms with Crippen molar-refractivity contribution in [2.75, 3.05) is 47.3 Å². The van der Waals surface area contributed by atoms with Gasteiger partial charge in [0.25, 0.3) is 0 Å². The van der Waals surface area contributed by atoms with Crippen molar-refractivity contribution in [1.29, 1.82) is 0 Å². The molecule has 0 amide bonds. The Morgan fingerprint density at radius 1 is 1.06 bits per heavy atom. The van der Waals surface area contributed by atoms with Crippen molar-refractivity contribution in [1.82, 2.24) is 15.1 Å². The van der Waals surface area contributed by atoms with Gasteiger partial charge in [0.2, 0.25) is 0 Å². The largest absolute Gasteiger partial charge is 0.314 e. The van der Waals surface area contributed by atoms with Crippen LogP contribution < -0.4 is 5.32 Å². The molecule has 1 heterocycles. The topological polar surface area (TPSA) is 18.5 Å². The minimum atomic E-state index is 0.815. The van der Waals surface area contributed by atoms with Crippen molar-refractivity contribution >= 4 is 0 Å². The molecule has 0 radical (unpaired) electrons. The highest BCUT2D eigenvalue weighted by atomic mass is 15.1. The normalized spacial score (nSPS) is 21.2. The Morgan fingerprint density at radius 2 is 1.81 bits per heavy atom. The second kappa shape index (κ2) is 8.04. The second-order valence-corrected chi connectivity index (χ2v) is 5.40. The fraction of sp³-hybridized carbons (Fsp3) is 1.00. The zero-order chi connectivity index (χ0) is 11.8. The van der Waals surface area contributed by atoms with Gasteiger partial charge in [0.15, 0.2) is 0 Å². The average Bonchev–Trinajstić information content (AvgIpc) is 2.70. The zero-order valence-electron chi connectivity index (χ0n) is 11.3. The standard InChI is InChI=1S/C13H29N3/c1-15(2)10-6-12-16(3)11-5-8-13-7-4-9-14-13/h13-14H,4-12H2,1-3H3. The van der Waals surface area contributed by atoms with Crippen molar-refractivity contribution < 1.29 is 0 Å². The maximum Gasteiger partial charge on any atom is 0.00680 e. The van der Waals surface area contributed by atoms with Crippen molar-refractivity contribution in [3.63, 3.8) is 0 Å². The van der Waals surface area contributed by atoms with Gasteiger partial charge in [0, 0.05) is 6.04 Å². The van der Waals surface area contributed by atoms with E-state index >= 15 is 0 Å². The second-order valence-electron chi connectivity index (χ2n) is 5.40. The van der Waals surface area contributed by atoms with Crippen molar-refractivity contribution in [2.24, 2.45) is 0 Å². The summed E-state index contributed by atoms with van der Waals surface area (Å²) in [6.45, 7) is 4.93. The molecule has 3 heteroatoms. The molecule has 1 unspecified atom stereocenters. The number of nitrogens with zero attached hydrogens (tertiary/aromatic N) is 2. The van der Waals surface area contributed by atoms with E-state index in [2.05, 4.69) is 36.3 Å². The molecule has 0 aliphatic carbocycles. The van der Waals surface area contributed by atoms with Gasteiger partial charge < -0.3 is 15.1 Å². The Balaban J connectivity index is 1.91. The lowest BCUT2D eigenvalue weighted by molar-refractivity contribution is 0.291. The summed E-state index contributed by atoms with van der Waals surface area (Å²) in [5, 5.41) is 3.56. The fourth-order valence-corrected chi connectivity index (χ4v) is 2.38. The molecule has 0 aromatic carbocycles. The highest BCUT2D eigenvalue weighted by Crippen LogP contribution is 2.10. The van der Waals surface area contributed by atoms with E-state index in [0.29, 0.717) is 0 Å². The minimum Gasteiger partial charge on any atom is -0.314 e. The van der Waals surface area contributed by atoms with Crippen LogP contribution in [0.2, 0.25) is 0 Å². The lowest BCUT2D eigenvalue weighted by Crippen LogP contribution is -2.27. The van der Waals surface area contributed by atoms with Crippen LogP contribution in [-0.4, -0.2) is 63.2 Å². The van der Waals surface area contributed by atoms with E-state index in [1.807, 2.05) is 0 Å². The van der Waals surface area contributed by atoms with Crippen LogP contribution in [0.15, 0.2) is 0 Å². The highest BCUT2D eigenvalue weighted by Gasteiger charge is 2.13. The van der Waals surface area contributed by atoms with Crippen molar-refractivity contribution in [2.45, 2.75) is 38.1 Å². The van der Waals surface area contributed by atoms with E-state index in [9.17, 15) is 0 Å². The van der Waals surface area contributed by atoms with Gasteiger partial charge in [-0.1, -0.05) is 0 Å². The molecule has 0 aromatic rings. The molecule has 1 saturated heterocycles.